The molecule has 26 heavy (non-hydrogen) atoms. The van der Waals surface area contributed by atoms with E-state index in [9.17, 15) is 13.2 Å². The van der Waals surface area contributed by atoms with Crippen LogP contribution in [0.25, 0.3) is 11.3 Å². The average molecular weight is 380 g/mol. The SMILES string of the molecule is CNc1nc(Nc2ccc(Cl)c(C(F)(F)F)c2)cc(-c2ccncc2)n1. The van der Waals surface area contributed by atoms with E-state index in [1.54, 1.807) is 37.6 Å². The lowest BCUT2D eigenvalue weighted by atomic mass is 10.1. The molecule has 0 saturated carbocycles. The average Bonchev–Trinajstić information content (AvgIpc) is 2.63. The number of nitrogens with one attached hydrogen (secondary N) is 2. The number of alkyl halides is 3. The van der Waals surface area contributed by atoms with Gasteiger partial charge in [-0.25, -0.2) is 4.98 Å². The molecule has 0 fully saturated rings. The second kappa shape index (κ2) is 7.17. The number of halogens is 4. The molecule has 2 aromatic heterocycles. The number of pyridine rings is 1. The number of aromatic nitrogens is 3. The Balaban J connectivity index is 1.98. The van der Waals surface area contributed by atoms with Gasteiger partial charge in [0.2, 0.25) is 5.95 Å². The third-order valence-corrected chi connectivity index (χ3v) is 3.80. The van der Waals surface area contributed by atoms with E-state index in [4.69, 9.17) is 11.6 Å². The van der Waals surface area contributed by atoms with Crippen molar-refractivity contribution in [2.75, 3.05) is 17.7 Å². The molecule has 5 nitrogen and oxygen atoms in total. The maximum absolute atomic E-state index is 13.0. The normalized spacial score (nSPS) is 11.3. The van der Waals surface area contributed by atoms with Crippen LogP contribution in [0.15, 0.2) is 48.8 Å². The van der Waals surface area contributed by atoms with Crippen molar-refractivity contribution in [2.45, 2.75) is 6.18 Å². The van der Waals surface area contributed by atoms with Crippen LogP contribution in [0.2, 0.25) is 5.02 Å². The molecule has 0 radical (unpaired) electrons. The van der Waals surface area contributed by atoms with Gasteiger partial charge in [-0.05, 0) is 30.3 Å². The van der Waals surface area contributed by atoms with E-state index in [2.05, 4.69) is 25.6 Å². The summed E-state index contributed by atoms with van der Waals surface area (Å²) in [5.41, 5.74) is 0.692. The van der Waals surface area contributed by atoms with Gasteiger partial charge in [-0.2, -0.15) is 18.2 Å². The molecular weight excluding hydrogens is 367 g/mol. The fourth-order valence-electron chi connectivity index (χ4n) is 2.26. The van der Waals surface area contributed by atoms with Crippen molar-refractivity contribution in [2.24, 2.45) is 0 Å². The zero-order valence-corrected chi connectivity index (χ0v) is 14.2. The Kier molecular flexibility index (Phi) is 4.94. The molecule has 9 heteroatoms. The highest BCUT2D eigenvalue weighted by Crippen LogP contribution is 2.36. The van der Waals surface area contributed by atoms with Gasteiger partial charge in [0.05, 0.1) is 16.3 Å². The summed E-state index contributed by atoms with van der Waals surface area (Å²) in [6, 6.07) is 8.76. The van der Waals surface area contributed by atoms with Crippen molar-refractivity contribution in [3.8, 4) is 11.3 Å². The number of benzene rings is 1. The van der Waals surface area contributed by atoms with Crippen LogP contribution in [0.1, 0.15) is 5.56 Å². The lowest BCUT2D eigenvalue weighted by Gasteiger charge is -2.13. The van der Waals surface area contributed by atoms with Gasteiger partial charge in [0.15, 0.2) is 0 Å². The summed E-state index contributed by atoms with van der Waals surface area (Å²) in [5, 5.41) is 5.33. The zero-order valence-electron chi connectivity index (χ0n) is 13.5. The van der Waals surface area contributed by atoms with Gasteiger partial charge < -0.3 is 10.6 Å². The summed E-state index contributed by atoms with van der Waals surface area (Å²) in [6.07, 6.45) is -1.30. The molecule has 3 rings (SSSR count). The third kappa shape index (κ3) is 4.02. The summed E-state index contributed by atoms with van der Waals surface area (Å²) in [4.78, 5) is 12.5. The Morgan fingerprint density at radius 2 is 1.73 bits per heavy atom. The van der Waals surface area contributed by atoms with Gasteiger partial charge in [-0.15, -0.1) is 0 Å². The van der Waals surface area contributed by atoms with Crippen molar-refractivity contribution in [3.63, 3.8) is 0 Å². The number of rotatable bonds is 4. The molecule has 0 atom stereocenters. The molecule has 0 unspecified atom stereocenters. The first-order valence-corrected chi connectivity index (χ1v) is 7.85. The quantitative estimate of drug-likeness (QED) is 0.668. The maximum Gasteiger partial charge on any atom is 0.417 e. The van der Waals surface area contributed by atoms with Gasteiger partial charge in [-0.1, -0.05) is 11.6 Å². The van der Waals surface area contributed by atoms with Crippen molar-refractivity contribution in [3.05, 3.63) is 59.4 Å². The van der Waals surface area contributed by atoms with Crippen LogP contribution in [-0.2, 0) is 6.18 Å². The summed E-state index contributed by atoms with van der Waals surface area (Å²) in [7, 11) is 1.65. The van der Waals surface area contributed by atoms with Gasteiger partial charge in [0.25, 0.3) is 0 Å². The van der Waals surface area contributed by atoms with Crippen LogP contribution in [0.4, 0.5) is 30.6 Å². The molecule has 0 amide bonds. The molecular formula is C17H13ClF3N5. The summed E-state index contributed by atoms with van der Waals surface area (Å²) < 4.78 is 39.1. The van der Waals surface area contributed by atoms with E-state index >= 15 is 0 Å². The Morgan fingerprint density at radius 3 is 2.38 bits per heavy atom. The van der Waals surface area contributed by atoms with E-state index in [-0.39, 0.29) is 10.7 Å². The van der Waals surface area contributed by atoms with Crippen LogP contribution in [0.3, 0.4) is 0 Å². The monoisotopic (exact) mass is 379 g/mol. The fourth-order valence-corrected chi connectivity index (χ4v) is 2.49. The molecule has 0 bridgehead atoms. The lowest BCUT2D eigenvalue weighted by molar-refractivity contribution is -0.137. The number of anilines is 3. The molecule has 3 aromatic rings. The Hall–Kier alpha value is -2.87. The van der Waals surface area contributed by atoms with Gasteiger partial charge in [0, 0.05) is 36.8 Å². The molecule has 0 spiro atoms. The molecule has 0 aliphatic heterocycles. The van der Waals surface area contributed by atoms with Crippen molar-refractivity contribution >= 4 is 29.1 Å². The largest absolute Gasteiger partial charge is 0.417 e. The molecule has 0 aliphatic rings. The van der Waals surface area contributed by atoms with Gasteiger partial charge in [-0.3, -0.25) is 4.98 Å². The van der Waals surface area contributed by atoms with E-state index < -0.39 is 11.7 Å². The van der Waals surface area contributed by atoms with E-state index in [0.717, 1.165) is 11.6 Å². The maximum atomic E-state index is 13.0. The van der Waals surface area contributed by atoms with Crippen LogP contribution in [0.5, 0.6) is 0 Å². The molecule has 2 N–H and O–H groups in total. The number of nitrogens with zero attached hydrogens (tertiary/aromatic N) is 3. The highest BCUT2D eigenvalue weighted by atomic mass is 35.5. The van der Waals surface area contributed by atoms with Crippen molar-refractivity contribution < 1.29 is 13.2 Å². The highest BCUT2D eigenvalue weighted by molar-refractivity contribution is 6.31. The standard InChI is InChI=1S/C17H13ClF3N5/c1-22-16-25-14(10-4-6-23-7-5-10)9-15(26-16)24-11-2-3-13(18)12(8-11)17(19,20)21/h2-9H,1H3,(H2,22,24,25,26). The van der Waals surface area contributed by atoms with Crippen molar-refractivity contribution in [1.29, 1.82) is 0 Å². The highest BCUT2D eigenvalue weighted by Gasteiger charge is 2.33. The van der Waals surface area contributed by atoms with E-state index in [1.807, 2.05) is 0 Å². The first kappa shape index (κ1) is 17.9. The smallest absolute Gasteiger partial charge is 0.357 e. The minimum absolute atomic E-state index is 0.211. The second-order valence-electron chi connectivity index (χ2n) is 5.27. The van der Waals surface area contributed by atoms with Crippen LogP contribution in [0, 0.1) is 0 Å². The minimum Gasteiger partial charge on any atom is -0.357 e. The third-order valence-electron chi connectivity index (χ3n) is 3.47. The predicted octanol–water partition coefficient (Wildman–Crippen LogP) is 5.00. The molecule has 134 valence electrons. The van der Waals surface area contributed by atoms with E-state index in [0.29, 0.717) is 17.5 Å². The Labute approximate surface area is 152 Å². The summed E-state index contributed by atoms with van der Waals surface area (Å²) >= 11 is 5.65. The predicted molar refractivity (Wildman–Crippen MR) is 94.5 cm³/mol. The summed E-state index contributed by atoms with van der Waals surface area (Å²) in [5.74, 6) is 0.665. The zero-order chi connectivity index (χ0) is 18.7. The first-order chi connectivity index (χ1) is 12.4. The van der Waals surface area contributed by atoms with E-state index in [1.165, 1.54) is 12.1 Å². The van der Waals surface area contributed by atoms with Crippen LogP contribution < -0.4 is 10.6 Å². The number of hydrogen-bond donors (Lipinski definition) is 2. The fraction of sp³-hybridized carbons (Fsp3) is 0.118. The lowest BCUT2D eigenvalue weighted by Crippen LogP contribution is -2.07. The minimum atomic E-state index is -4.54. The Morgan fingerprint density at radius 1 is 1.00 bits per heavy atom. The van der Waals surface area contributed by atoms with Crippen LogP contribution in [-0.4, -0.2) is 22.0 Å². The summed E-state index contributed by atoms with van der Waals surface area (Å²) in [6.45, 7) is 0. The molecule has 1 aromatic carbocycles. The van der Waals surface area contributed by atoms with Gasteiger partial charge in [0.1, 0.15) is 5.82 Å². The molecule has 0 aliphatic carbocycles. The van der Waals surface area contributed by atoms with Gasteiger partial charge >= 0.3 is 6.18 Å². The Bertz CT molecular complexity index is 916. The molecule has 2 heterocycles. The topological polar surface area (TPSA) is 62.7 Å². The molecule has 0 saturated heterocycles. The first-order valence-electron chi connectivity index (χ1n) is 7.48. The van der Waals surface area contributed by atoms with Crippen molar-refractivity contribution in [1.82, 2.24) is 15.0 Å². The van der Waals surface area contributed by atoms with Crippen LogP contribution >= 0.6 is 11.6 Å². The second-order valence-corrected chi connectivity index (χ2v) is 5.67. The number of hydrogen-bond acceptors (Lipinski definition) is 5.